The van der Waals surface area contributed by atoms with Crippen LogP contribution in [0.1, 0.15) is 22.6 Å². The van der Waals surface area contributed by atoms with Crippen LogP contribution in [0.4, 0.5) is 4.39 Å². The second-order valence-electron chi connectivity index (χ2n) is 8.42. The normalized spacial score (nSPS) is 23.7. The van der Waals surface area contributed by atoms with Gasteiger partial charge in [0.05, 0.1) is 6.61 Å². The van der Waals surface area contributed by atoms with E-state index in [-0.39, 0.29) is 17.6 Å². The molecule has 0 unspecified atom stereocenters. The summed E-state index contributed by atoms with van der Waals surface area (Å²) in [7, 11) is 0. The molecule has 1 spiro atoms. The average molecular weight is 432 g/mol. The van der Waals surface area contributed by atoms with Crippen LogP contribution >= 0.6 is 0 Å². The summed E-state index contributed by atoms with van der Waals surface area (Å²) in [5.41, 5.74) is 1.60. The molecule has 2 aromatic heterocycles. The fourth-order valence-electron chi connectivity index (χ4n) is 4.85. The molecule has 164 valence electrons. The van der Waals surface area contributed by atoms with E-state index < -0.39 is 5.60 Å². The lowest BCUT2D eigenvalue weighted by atomic mass is 9.83. The van der Waals surface area contributed by atoms with Gasteiger partial charge in [-0.05, 0) is 35.4 Å². The van der Waals surface area contributed by atoms with Gasteiger partial charge in [0.15, 0.2) is 5.60 Å². The number of benzene rings is 1. The highest BCUT2D eigenvalue weighted by atomic mass is 19.1. The minimum atomic E-state index is -1.01. The van der Waals surface area contributed by atoms with E-state index in [4.69, 9.17) is 4.74 Å². The number of carbonyl (C=O) groups excluding carboxylic acids is 1. The first kappa shape index (κ1) is 20.7. The first-order chi connectivity index (χ1) is 15.7. The van der Waals surface area contributed by atoms with Gasteiger partial charge in [-0.2, -0.15) is 0 Å². The molecule has 0 N–H and O–H groups in total. The van der Waals surface area contributed by atoms with Crippen molar-refractivity contribution in [2.75, 3.05) is 26.2 Å². The zero-order valence-electron chi connectivity index (χ0n) is 17.7. The average Bonchev–Trinajstić information content (AvgIpc) is 3.18. The van der Waals surface area contributed by atoms with E-state index in [0.717, 1.165) is 11.1 Å². The number of rotatable bonds is 5. The molecule has 2 atom stereocenters. The highest BCUT2D eigenvalue weighted by Crippen LogP contribution is 2.42. The highest BCUT2D eigenvalue weighted by molar-refractivity contribution is 5.88. The van der Waals surface area contributed by atoms with Crippen molar-refractivity contribution in [1.29, 1.82) is 0 Å². The minimum absolute atomic E-state index is 0.0227. The number of aromatic nitrogens is 2. The molecule has 7 heteroatoms. The molecule has 6 nitrogen and oxygen atoms in total. The Bertz CT molecular complexity index is 1080. The maximum absolute atomic E-state index is 14.3. The quantitative estimate of drug-likeness (QED) is 0.620. The minimum Gasteiger partial charge on any atom is -0.361 e. The Labute approximate surface area is 186 Å². The largest absolute Gasteiger partial charge is 0.361 e. The van der Waals surface area contributed by atoms with Gasteiger partial charge in [0.25, 0.3) is 5.91 Å². The van der Waals surface area contributed by atoms with Crippen LogP contribution in [0.5, 0.6) is 0 Å². The molecule has 1 aromatic carbocycles. The molecule has 0 bridgehead atoms. The van der Waals surface area contributed by atoms with Crippen LogP contribution in [0.15, 0.2) is 73.3 Å². The molecule has 0 radical (unpaired) electrons. The van der Waals surface area contributed by atoms with Crippen molar-refractivity contribution in [3.05, 3.63) is 95.8 Å². The van der Waals surface area contributed by atoms with Crippen molar-refractivity contribution in [2.24, 2.45) is 0 Å². The Morgan fingerprint density at radius 2 is 1.88 bits per heavy atom. The van der Waals surface area contributed by atoms with E-state index >= 15 is 0 Å². The van der Waals surface area contributed by atoms with Gasteiger partial charge in [0, 0.05) is 69.0 Å². The van der Waals surface area contributed by atoms with Crippen molar-refractivity contribution in [3.63, 3.8) is 0 Å². The lowest BCUT2D eigenvalue weighted by molar-refractivity contribution is -0.173. The smallest absolute Gasteiger partial charge is 0.257 e. The standard InChI is InChI=1S/C25H25FN4O2/c26-23-6-2-1-4-21(23)16-29-17-22(20-5-3-9-28-14-20)25(18-29)24(31)30(12-13-32-25)15-19-7-10-27-11-8-19/h1-11,14,22H,12-13,15-18H2/t22-,25-/m0/s1. The molecule has 2 saturated heterocycles. The van der Waals surface area contributed by atoms with Gasteiger partial charge in [-0.3, -0.25) is 19.7 Å². The first-order valence-corrected chi connectivity index (χ1v) is 10.8. The summed E-state index contributed by atoms with van der Waals surface area (Å²) in [6, 6.07) is 14.5. The van der Waals surface area contributed by atoms with Crippen LogP contribution in [0, 0.1) is 5.82 Å². The van der Waals surface area contributed by atoms with Crippen molar-refractivity contribution in [3.8, 4) is 0 Å². The number of pyridine rings is 2. The maximum Gasteiger partial charge on any atom is 0.257 e. The Morgan fingerprint density at radius 3 is 2.66 bits per heavy atom. The zero-order valence-corrected chi connectivity index (χ0v) is 17.7. The van der Waals surface area contributed by atoms with Gasteiger partial charge >= 0.3 is 0 Å². The Hall–Kier alpha value is -3.16. The molecule has 2 aliphatic rings. The summed E-state index contributed by atoms with van der Waals surface area (Å²) in [5, 5.41) is 0. The predicted octanol–water partition coefficient (Wildman–Crippen LogP) is 3.01. The fourth-order valence-corrected chi connectivity index (χ4v) is 4.85. The second kappa shape index (κ2) is 8.76. The molecular weight excluding hydrogens is 407 g/mol. The number of amides is 1. The third-order valence-electron chi connectivity index (χ3n) is 6.39. The molecule has 0 aliphatic carbocycles. The van der Waals surface area contributed by atoms with Crippen LogP contribution in [0.25, 0.3) is 0 Å². The lowest BCUT2D eigenvalue weighted by Gasteiger charge is -2.42. The monoisotopic (exact) mass is 432 g/mol. The van der Waals surface area contributed by atoms with E-state index in [0.29, 0.717) is 44.9 Å². The summed E-state index contributed by atoms with van der Waals surface area (Å²) >= 11 is 0. The van der Waals surface area contributed by atoms with Crippen molar-refractivity contribution in [1.82, 2.24) is 19.8 Å². The van der Waals surface area contributed by atoms with E-state index in [9.17, 15) is 9.18 Å². The van der Waals surface area contributed by atoms with Gasteiger partial charge in [0.2, 0.25) is 0 Å². The summed E-state index contributed by atoms with van der Waals surface area (Å²) in [6.45, 7) is 2.93. The number of morpholine rings is 1. The number of ether oxygens (including phenoxy) is 1. The van der Waals surface area contributed by atoms with Crippen molar-refractivity contribution in [2.45, 2.75) is 24.6 Å². The summed E-state index contributed by atoms with van der Waals surface area (Å²) in [5.74, 6) is -0.442. The van der Waals surface area contributed by atoms with Gasteiger partial charge < -0.3 is 9.64 Å². The lowest BCUT2D eigenvalue weighted by Crippen LogP contribution is -2.59. The van der Waals surface area contributed by atoms with E-state index in [1.807, 2.05) is 35.2 Å². The number of hydrogen-bond acceptors (Lipinski definition) is 5. The third-order valence-corrected chi connectivity index (χ3v) is 6.39. The Kier molecular flexibility index (Phi) is 5.68. The van der Waals surface area contributed by atoms with Gasteiger partial charge in [0.1, 0.15) is 5.82 Å². The number of carbonyl (C=O) groups is 1. The molecule has 32 heavy (non-hydrogen) atoms. The predicted molar refractivity (Wildman–Crippen MR) is 117 cm³/mol. The van der Waals surface area contributed by atoms with Gasteiger partial charge in [-0.25, -0.2) is 4.39 Å². The molecule has 1 amide bonds. The van der Waals surface area contributed by atoms with E-state index in [2.05, 4.69) is 14.9 Å². The van der Waals surface area contributed by atoms with Crippen LogP contribution in [-0.4, -0.2) is 57.5 Å². The van der Waals surface area contributed by atoms with Crippen LogP contribution < -0.4 is 0 Å². The second-order valence-corrected chi connectivity index (χ2v) is 8.42. The summed E-state index contributed by atoms with van der Waals surface area (Å²) < 4.78 is 20.6. The zero-order chi connectivity index (χ0) is 22.0. The van der Waals surface area contributed by atoms with E-state index in [1.54, 1.807) is 36.9 Å². The highest BCUT2D eigenvalue weighted by Gasteiger charge is 2.57. The Morgan fingerprint density at radius 1 is 1.03 bits per heavy atom. The number of hydrogen-bond donors (Lipinski definition) is 0. The van der Waals surface area contributed by atoms with Crippen LogP contribution in [0.2, 0.25) is 0 Å². The van der Waals surface area contributed by atoms with Crippen LogP contribution in [-0.2, 0) is 22.6 Å². The number of halogens is 1. The molecule has 3 aromatic rings. The summed E-state index contributed by atoms with van der Waals surface area (Å²) in [4.78, 5) is 26.2. The van der Waals surface area contributed by atoms with Crippen LogP contribution in [0.3, 0.4) is 0 Å². The molecule has 4 heterocycles. The maximum atomic E-state index is 14.3. The molecule has 2 aliphatic heterocycles. The fraction of sp³-hybridized carbons (Fsp3) is 0.320. The SMILES string of the molecule is O=C1N(Cc2ccncc2)CCO[C@]12CN(Cc1ccccc1F)C[C@H]2c1cccnc1. The first-order valence-electron chi connectivity index (χ1n) is 10.8. The van der Waals surface area contributed by atoms with E-state index in [1.165, 1.54) is 6.07 Å². The molecule has 2 fully saturated rings. The summed E-state index contributed by atoms with van der Waals surface area (Å²) in [6.07, 6.45) is 7.00. The molecular formula is C25H25FN4O2. The van der Waals surface area contributed by atoms with Gasteiger partial charge in [-0.1, -0.05) is 24.3 Å². The van der Waals surface area contributed by atoms with Crippen molar-refractivity contribution >= 4 is 5.91 Å². The Balaban J connectivity index is 1.45. The molecule has 5 rings (SSSR count). The topological polar surface area (TPSA) is 58.6 Å². The number of likely N-dealkylation sites (tertiary alicyclic amines) is 1. The third kappa shape index (κ3) is 3.89. The van der Waals surface area contributed by atoms with Gasteiger partial charge in [-0.15, -0.1) is 0 Å². The molecule has 0 saturated carbocycles. The van der Waals surface area contributed by atoms with Crippen molar-refractivity contribution < 1.29 is 13.9 Å². The number of nitrogens with zero attached hydrogens (tertiary/aromatic N) is 4.